The summed E-state index contributed by atoms with van der Waals surface area (Å²) in [6, 6.07) is 7.61. The molecule has 0 spiro atoms. The molecule has 0 amide bonds. The molecule has 0 aliphatic rings. The second kappa shape index (κ2) is 5.80. The molecule has 1 rings (SSSR count). The lowest BCUT2D eigenvalue weighted by molar-refractivity contribution is -0.141. The number of hydrogen-bond donors (Lipinski definition) is 0. The molecule has 1 aromatic rings. The topological polar surface area (TPSA) is 47.9 Å². The van der Waals surface area contributed by atoms with Crippen molar-refractivity contribution < 1.29 is 14.4 Å². The van der Waals surface area contributed by atoms with Gasteiger partial charge in [0.15, 0.2) is 0 Å². The smallest absolute Gasteiger partial charge is 0.332 e. The molecule has 0 bridgehead atoms. The highest BCUT2D eigenvalue weighted by molar-refractivity contribution is 5.66. The van der Waals surface area contributed by atoms with Gasteiger partial charge in [-0.15, -0.1) is 0 Å². The summed E-state index contributed by atoms with van der Waals surface area (Å²) in [5.74, 6) is 0.245. The first kappa shape index (κ1) is 11.2. The van der Waals surface area contributed by atoms with Gasteiger partial charge in [-0.3, -0.25) is 0 Å². The second-order valence-corrected chi connectivity index (χ2v) is 2.87. The van der Waals surface area contributed by atoms with Gasteiger partial charge in [0.1, 0.15) is 5.75 Å². The number of carbonyl (C=O) groups is 1. The lowest BCUT2D eigenvalue weighted by Crippen LogP contribution is -1.97. The number of hydrogen-bond acceptors (Lipinski definition) is 4. The van der Waals surface area contributed by atoms with E-state index in [1.165, 1.54) is 6.92 Å². The fourth-order valence-corrected chi connectivity index (χ4v) is 1.08. The van der Waals surface area contributed by atoms with Crippen LogP contribution < -0.4 is 4.74 Å². The van der Waals surface area contributed by atoms with Gasteiger partial charge in [-0.05, 0) is 23.2 Å². The summed E-state index contributed by atoms with van der Waals surface area (Å²) in [5.41, 5.74) is 1.08. The number of para-hydroxylation sites is 1. The van der Waals surface area contributed by atoms with Crippen LogP contribution in [0.4, 0.5) is 0 Å². The van der Waals surface area contributed by atoms with Crippen LogP contribution in [0.15, 0.2) is 29.4 Å². The molecule has 0 aliphatic carbocycles. The Bertz CT molecular complexity index is 361. The molecule has 0 aromatic heterocycles. The first-order valence-corrected chi connectivity index (χ1v) is 4.68. The molecule has 0 unspecified atom stereocenters. The van der Waals surface area contributed by atoms with Crippen molar-refractivity contribution in [2.24, 2.45) is 5.16 Å². The van der Waals surface area contributed by atoms with E-state index in [4.69, 9.17) is 4.74 Å². The summed E-state index contributed by atoms with van der Waals surface area (Å²) in [4.78, 5) is 14.7. The summed E-state index contributed by atoms with van der Waals surface area (Å²) in [6.07, 6.45) is 1.98. The maximum Gasteiger partial charge on any atom is 0.332 e. The standard InChI is InChI=1S/C11H13NO3/c1-3-10-6-4-5-7-11(10)14-8-12-15-9(2)13/h4-8H,3H2,1-2H3/b12-8-. The van der Waals surface area contributed by atoms with Gasteiger partial charge >= 0.3 is 5.97 Å². The maximum atomic E-state index is 10.4. The number of carbonyl (C=O) groups excluding carboxylic acids is 1. The fraction of sp³-hybridized carbons (Fsp3) is 0.273. The summed E-state index contributed by atoms with van der Waals surface area (Å²) in [5, 5.41) is 3.34. The van der Waals surface area contributed by atoms with Crippen molar-refractivity contribution in [2.75, 3.05) is 0 Å². The predicted octanol–water partition coefficient (Wildman–Crippen LogP) is 2.13. The van der Waals surface area contributed by atoms with Crippen LogP contribution in [-0.4, -0.2) is 12.4 Å². The molecule has 0 aliphatic heterocycles. The van der Waals surface area contributed by atoms with Gasteiger partial charge in [0.05, 0.1) is 0 Å². The molecule has 80 valence electrons. The quantitative estimate of drug-likeness (QED) is 0.329. The monoisotopic (exact) mass is 207 g/mol. The number of benzene rings is 1. The van der Waals surface area contributed by atoms with Crippen LogP contribution >= 0.6 is 0 Å². The largest absolute Gasteiger partial charge is 0.442 e. The third-order valence-electron chi connectivity index (χ3n) is 1.76. The van der Waals surface area contributed by atoms with Crippen molar-refractivity contribution in [2.45, 2.75) is 20.3 Å². The van der Waals surface area contributed by atoms with Crippen molar-refractivity contribution in [1.29, 1.82) is 0 Å². The molecule has 0 fully saturated rings. The average Bonchev–Trinajstić information content (AvgIpc) is 2.24. The van der Waals surface area contributed by atoms with E-state index in [2.05, 4.69) is 9.99 Å². The molecular formula is C11H13NO3. The number of aryl methyl sites for hydroxylation is 1. The zero-order valence-corrected chi connectivity index (χ0v) is 8.77. The molecule has 0 heterocycles. The van der Waals surface area contributed by atoms with Crippen molar-refractivity contribution in [3.05, 3.63) is 29.8 Å². The average molecular weight is 207 g/mol. The summed E-state index contributed by atoms with van der Waals surface area (Å²) >= 11 is 0. The second-order valence-electron chi connectivity index (χ2n) is 2.87. The third-order valence-corrected chi connectivity index (χ3v) is 1.76. The van der Waals surface area contributed by atoms with Crippen LogP contribution in [0, 0.1) is 0 Å². The Morgan fingerprint density at radius 1 is 1.47 bits per heavy atom. The van der Waals surface area contributed by atoms with E-state index in [1.54, 1.807) is 0 Å². The van der Waals surface area contributed by atoms with Crippen molar-refractivity contribution in [3.63, 3.8) is 0 Å². The molecule has 0 saturated heterocycles. The summed E-state index contributed by atoms with van der Waals surface area (Å²) in [7, 11) is 0. The Kier molecular flexibility index (Phi) is 4.34. The van der Waals surface area contributed by atoms with Crippen LogP contribution in [-0.2, 0) is 16.1 Å². The third kappa shape index (κ3) is 3.81. The predicted molar refractivity (Wildman–Crippen MR) is 56.7 cm³/mol. The fourth-order valence-electron chi connectivity index (χ4n) is 1.08. The summed E-state index contributed by atoms with van der Waals surface area (Å²) in [6.45, 7) is 3.31. The number of ether oxygens (including phenoxy) is 1. The van der Waals surface area contributed by atoms with Gasteiger partial charge < -0.3 is 9.57 Å². The molecule has 0 N–H and O–H groups in total. The SMILES string of the molecule is CCc1ccccc1O/C=N\OC(C)=O. The van der Waals surface area contributed by atoms with Gasteiger partial charge in [0.25, 0.3) is 0 Å². The van der Waals surface area contributed by atoms with E-state index >= 15 is 0 Å². The van der Waals surface area contributed by atoms with Crippen molar-refractivity contribution >= 4 is 12.4 Å². The van der Waals surface area contributed by atoms with Gasteiger partial charge in [0, 0.05) is 6.92 Å². The van der Waals surface area contributed by atoms with Crippen LogP contribution in [0.25, 0.3) is 0 Å². The number of rotatable bonds is 4. The van der Waals surface area contributed by atoms with E-state index in [-0.39, 0.29) is 0 Å². The lowest BCUT2D eigenvalue weighted by Gasteiger charge is -2.04. The Morgan fingerprint density at radius 3 is 2.87 bits per heavy atom. The van der Waals surface area contributed by atoms with Gasteiger partial charge in [0.2, 0.25) is 6.40 Å². The Labute approximate surface area is 88.5 Å². The summed E-state index contributed by atoms with van der Waals surface area (Å²) < 4.78 is 5.21. The molecular weight excluding hydrogens is 194 g/mol. The highest BCUT2D eigenvalue weighted by atomic mass is 16.7. The molecule has 15 heavy (non-hydrogen) atoms. The molecule has 1 aromatic carbocycles. The lowest BCUT2D eigenvalue weighted by atomic mass is 10.1. The van der Waals surface area contributed by atoms with Gasteiger partial charge in [-0.1, -0.05) is 25.1 Å². The first-order valence-electron chi connectivity index (χ1n) is 4.68. The normalized spacial score (nSPS) is 10.3. The highest BCUT2D eigenvalue weighted by Gasteiger charge is 1.98. The van der Waals surface area contributed by atoms with Gasteiger partial charge in [-0.25, -0.2) is 4.79 Å². The van der Waals surface area contributed by atoms with E-state index in [0.29, 0.717) is 0 Å². The Hall–Kier alpha value is -1.84. The van der Waals surface area contributed by atoms with Crippen LogP contribution in [0.5, 0.6) is 5.75 Å². The maximum absolute atomic E-state index is 10.4. The van der Waals surface area contributed by atoms with Gasteiger partial charge in [-0.2, -0.15) is 0 Å². The minimum absolute atomic E-state index is 0.473. The van der Waals surface area contributed by atoms with E-state index in [1.807, 2.05) is 31.2 Å². The van der Waals surface area contributed by atoms with E-state index < -0.39 is 5.97 Å². The molecule has 0 saturated carbocycles. The van der Waals surface area contributed by atoms with E-state index in [9.17, 15) is 4.79 Å². The minimum Gasteiger partial charge on any atom is -0.442 e. The Balaban J connectivity index is 2.56. The van der Waals surface area contributed by atoms with Crippen LogP contribution in [0.3, 0.4) is 0 Å². The van der Waals surface area contributed by atoms with Crippen LogP contribution in [0.2, 0.25) is 0 Å². The zero-order chi connectivity index (χ0) is 11.1. The molecule has 4 nitrogen and oxygen atoms in total. The van der Waals surface area contributed by atoms with Crippen LogP contribution in [0.1, 0.15) is 19.4 Å². The Morgan fingerprint density at radius 2 is 2.20 bits per heavy atom. The zero-order valence-electron chi connectivity index (χ0n) is 8.77. The van der Waals surface area contributed by atoms with E-state index in [0.717, 1.165) is 24.1 Å². The highest BCUT2D eigenvalue weighted by Crippen LogP contribution is 2.17. The number of nitrogens with zero attached hydrogens (tertiary/aromatic N) is 1. The molecule has 0 atom stereocenters. The van der Waals surface area contributed by atoms with Crippen molar-refractivity contribution in [1.82, 2.24) is 0 Å². The minimum atomic E-state index is -0.473. The first-order chi connectivity index (χ1) is 7.24. The molecule has 4 heteroatoms. The van der Waals surface area contributed by atoms with Crippen molar-refractivity contribution in [3.8, 4) is 5.75 Å². The number of oxime groups is 1. The molecule has 0 radical (unpaired) electrons.